The van der Waals surface area contributed by atoms with E-state index in [9.17, 15) is 9.59 Å². The summed E-state index contributed by atoms with van der Waals surface area (Å²) in [6.45, 7) is 0.247. The topological polar surface area (TPSA) is 122 Å². The zero-order chi connectivity index (χ0) is 15.7. The monoisotopic (exact) mass is 291 g/mol. The van der Waals surface area contributed by atoms with Crippen molar-refractivity contribution in [3.8, 4) is 6.07 Å². The number of nitriles is 1. The fourth-order valence-electron chi connectivity index (χ4n) is 1.68. The van der Waals surface area contributed by atoms with Crippen LogP contribution in [0.5, 0.6) is 0 Å². The van der Waals surface area contributed by atoms with Gasteiger partial charge in [0.25, 0.3) is 0 Å². The van der Waals surface area contributed by atoms with E-state index < -0.39 is 17.9 Å². The number of aliphatic hydroxyl groups is 1. The predicted molar refractivity (Wildman–Crippen MR) is 75.5 cm³/mol. The highest BCUT2D eigenvalue weighted by Gasteiger charge is 2.20. The molecule has 7 heteroatoms. The lowest BCUT2D eigenvalue weighted by Crippen LogP contribution is -2.40. The second-order valence-corrected chi connectivity index (χ2v) is 4.33. The van der Waals surface area contributed by atoms with E-state index in [4.69, 9.17) is 15.5 Å². The van der Waals surface area contributed by atoms with Crippen molar-refractivity contribution in [2.24, 2.45) is 0 Å². The minimum atomic E-state index is -1.14. The first-order valence-corrected chi connectivity index (χ1v) is 6.44. The fraction of sp³-hybridized carbons (Fsp3) is 0.357. The van der Waals surface area contributed by atoms with Gasteiger partial charge in [-0.05, 0) is 25.1 Å². The molecule has 0 aromatic heterocycles. The number of carboxylic acid groups (broad SMARTS) is 1. The maximum atomic E-state index is 11.9. The van der Waals surface area contributed by atoms with E-state index in [0.29, 0.717) is 24.2 Å². The summed E-state index contributed by atoms with van der Waals surface area (Å²) in [4.78, 5) is 22.9. The van der Waals surface area contributed by atoms with Gasteiger partial charge in [-0.1, -0.05) is 12.1 Å². The maximum absolute atomic E-state index is 11.9. The highest BCUT2D eigenvalue weighted by Crippen LogP contribution is 2.14. The number of hydrogen-bond donors (Lipinski definition) is 4. The number of nitrogens with one attached hydrogen (secondary N) is 2. The molecule has 1 atom stereocenters. The molecule has 0 heterocycles. The summed E-state index contributed by atoms with van der Waals surface area (Å²) in [5, 5.41) is 31.8. The summed E-state index contributed by atoms with van der Waals surface area (Å²) in [6, 6.07) is 7.38. The van der Waals surface area contributed by atoms with Crippen LogP contribution >= 0.6 is 0 Å². The van der Waals surface area contributed by atoms with Gasteiger partial charge in [-0.15, -0.1) is 0 Å². The van der Waals surface area contributed by atoms with Crippen LogP contribution < -0.4 is 10.6 Å². The van der Waals surface area contributed by atoms with Crippen molar-refractivity contribution in [3.63, 3.8) is 0 Å². The van der Waals surface area contributed by atoms with E-state index in [2.05, 4.69) is 10.6 Å². The zero-order valence-corrected chi connectivity index (χ0v) is 11.4. The molecule has 1 unspecified atom stereocenters. The van der Waals surface area contributed by atoms with Crippen LogP contribution in [0.25, 0.3) is 0 Å². The Morgan fingerprint density at radius 1 is 1.33 bits per heavy atom. The van der Waals surface area contributed by atoms with E-state index in [1.807, 2.05) is 6.07 Å². The van der Waals surface area contributed by atoms with Gasteiger partial charge in [0, 0.05) is 6.61 Å². The van der Waals surface area contributed by atoms with Gasteiger partial charge >= 0.3 is 5.97 Å². The molecular weight excluding hydrogens is 274 g/mol. The van der Waals surface area contributed by atoms with Gasteiger partial charge in [0.05, 0.1) is 17.7 Å². The quantitative estimate of drug-likeness (QED) is 0.511. The number of carboxylic acids is 1. The molecule has 0 bridgehead atoms. The lowest BCUT2D eigenvalue weighted by molar-refractivity contribution is -0.141. The Morgan fingerprint density at radius 3 is 2.67 bits per heavy atom. The van der Waals surface area contributed by atoms with E-state index in [1.54, 1.807) is 24.3 Å². The van der Waals surface area contributed by atoms with Gasteiger partial charge in [-0.2, -0.15) is 5.26 Å². The number of para-hydroxylation sites is 1. The summed E-state index contributed by atoms with van der Waals surface area (Å²) < 4.78 is 0. The molecule has 0 aliphatic heterocycles. The minimum absolute atomic E-state index is 0.0545. The van der Waals surface area contributed by atoms with E-state index in [1.165, 1.54) is 0 Å². The van der Waals surface area contributed by atoms with Crippen LogP contribution in [0, 0.1) is 11.3 Å². The second-order valence-electron chi connectivity index (χ2n) is 4.33. The molecule has 1 rings (SSSR count). The number of carbonyl (C=O) groups excluding carboxylic acids is 1. The average molecular weight is 291 g/mol. The van der Waals surface area contributed by atoms with Crippen LogP contribution in [-0.2, 0) is 9.59 Å². The number of nitrogens with zero attached hydrogens (tertiary/aromatic N) is 1. The SMILES string of the molecule is N#Cc1ccccc1NC(=O)CC(NCCCO)C(=O)O. The van der Waals surface area contributed by atoms with Crippen molar-refractivity contribution in [3.05, 3.63) is 29.8 Å². The van der Waals surface area contributed by atoms with Crippen molar-refractivity contribution in [2.45, 2.75) is 18.9 Å². The highest BCUT2D eigenvalue weighted by molar-refractivity contribution is 5.95. The third-order valence-electron chi connectivity index (χ3n) is 2.73. The lowest BCUT2D eigenvalue weighted by atomic mass is 10.1. The van der Waals surface area contributed by atoms with Crippen molar-refractivity contribution >= 4 is 17.6 Å². The number of carbonyl (C=O) groups is 2. The Bertz CT molecular complexity index is 539. The number of hydrogen-bond acceptors (Lipinski definition) is 5. The summed E-state index contributed by atoms with van der Waals surface area (Å²) in [6.07, 6.45) is 0.142. The van der Waals surface area contributed by atoms with Crippen molar-refractivity contribution in [2.75, 3.05) is 18.5 Å². The molecule has 0 saturated heterocycles. The van der Waals surface area contributed by atoms with E-state index in [-0.39, 0.29) is 13.0 Å². The first-order chi connectivity index (χ1) is 10.1. The molecular formula is C14H17N3O4. The number of aliphatic hydroxyl groups excluding tert-OH is 1. The third-order valence-corrected chi connectivity index (χ3v) is 2.73. The van der Waals surface area contributed by atoms with Crippen LogP contribution in [0.15, 0.2) is 24.3 Å². The van der Waals surface area contributed by atoms with Gasteiger partial charge in [-0.3, -0.25) is 9.59 Å². The van der Waals surface area contributed by atoms with Crippen molar-refractivity contribution in [1.29, 1.82) is 5.26 Å². The van der Waals surface area contributed by atoms with E-state index in [0.717, 1.165) is 0 Å². The highest BCUT2D eigenvalue weighted by atomic mass is 16.4. The van der Waals surface area contributed by atoms with Crippen molar-refractivity contribution < 1.29 is 19.8 Å². The molecule has 4 N–H and O–H groups in total. The number of anilines is 1. The Labute approximate surface area is 122 Å². The molecule has 21 heavy (non-hydrogen) atoms. The summed E-state index contributed by atoms with van der Waals surface area (Å²) in [7, 11) is 0. The molecule has 0 saturated carbocycles. The van der Waals surface area contributed by atoms with Crippen LogP contribution in [0.3, 0.4) is 0 Å². The number of benzene rings is 1. The first-order valence-electron chi connectivity index (χ1n) is 6.44. The smallest absolute Gasteiger partial charge is 0.321 e. The van der Waals surface area contributed by atoms with Gasteiger partial charge in [0.1, 0.15) is 12.1 Å². The van der Waals surface area contributed by atoms with Gasteiger partial charge in [0.2, 0.25) is 5.91 Å². The van der Waals surface area contributed by atoms with Crippen LogP contribution in [-0.4, -0.2) is 41.3 Å². The Hall–Kier alpha value is -2.43. The molecule has 112 valence electrons. The molecule has 0 aliphatic rings. The Balaban J connectivity index is 2.62. The molecule has 0 aliphatic carbocycles. The van der Waals surface area contributed by atoms with Crippen LogP contribution in [0.4, 0.5) is 5.69 Å². The van der Waals surface area contributed by atoms with Crippen molar-refractivity contribution in [1.82, 2.24) is 5.32 Å². The lowest BCUT2D eigenvalue weighted by Gasteiger charge is -2.14. The number of aliphatic carboxylic acids is 1. The van der Waals surface area contributed by atoms with E-state index >= 15 is 0 Å². The number of rotatable bonds is 8. The summed E-state index contributed by atoms with van der Waals surface area (Å²) in [5.74, 6) is -1.64. The second kappa shape index (κ2) is 8.68. The molecule has 1 amide bonds. The Morgan fingerprint density at radius 2 is 2.05 bits per heavy atom. The van der Waals surface area contributed by atoms with Gasteiger partial charge < -0.3 is 20.8 Å². The van der Waals surface area contributed by atoms with Crippen LogP contribution in [0.2, 0.25) is 0 Å². The number of amides is 1. The summed E-state index contributed by atoms with van der Waals surface area (Å²) >= 11 is 0. The largest absolute Gasteiger partial charge is 0.480 e. The van der Waals surface area contributed by atoms with Crippen LogP contribution in [0.1, 0.15) is 18.4 Å². The van der Waals surface area contributed by atoms with Gasteiger partial charge in [-0.25, -0.2) is 0 Å². The maximum Gasteiger partial charge on any atom is 0.321 e. The minimum Gasteiger partial charge on any atom is -0.480 e. The molecule has 0 spiro atoms. The fourth-order valence-corrected chi connectivity index (χ4v) is 1.68. The van der Waals surface area contributed by atoms with Gasteiger partial charge in [0.15, 0.2) is 0 Å². The molecule has 7 nitrogen and oxygen atoms in total. The first kappa shape index (κ1) is 16.6. The summed E-state index contributed by atoms with van der Waals surface area (Å²) in [5.41, 5.74) is 0.662. The third kappa shape index (κ3) is 5.60. The zero-order valence-electron chi connectivity index (χ0n) is 11.4. The molecule has 1 aromatic rings. The molecule has 1 aromatic carbocycles. The molecule has 0 fully saturated rings. The Kier molecular flexibility index (Phi) is 6.87. The standard InChI is InChI=1S/C14H17N3O4/c15-9-10-4-1-2-5-11(10)17-13(19)8-12(14(20)21)16-6-3-7-18/h1-2,4-5,12,16,18H,3,6-8H2,(H,17,19)(H,20,21). The predicted octanol–water partition coefficient (Wildman–Crippen LogP) is 0.312. The average Bonchev–Trinajstić information content (AvgIpc) is 2.46. The normalized spacial score (nSPS) is 11.4. The molecule has 0 radical (unpaired) electrons.